The van der Waals surface area contributed by atoms with Gasteiger partial charge in [0, 0.05) is 29.0 Å². The summed E-state index contributed by atoms with van der Waals surface area (Å²) in [5.74, 6) is 0.274. The number of aliphatic hydroxyl groups excluding tert-OH is 2. The smallest absolute Gasteiger partial charge is 0.136 e. The van der Waals surface area contributed by atoms with E-state index in [4.69, 9.17) is 16.3 Å². The molecule has 1 aromatic carbocycles. The molecule has 1 saturated carbocycles. The van der Waals surface area contributed by atoms with Crippen LogP contribution in [0.5, 0.6) is 0 Å². The normalized spacial score (nSPS) is 40.8. The Hall–Kier alpha value is -2.02. The van der Waals surface area contributed by atoms with Crippen LogP contribution in [-0.4, -0.2) is 63.6 Å². The van der Waals surface area contributed by atoms with Gasteiger partial charge in [-0.1, -0.05) is 62.7 Å². The molecule has 7 atom stereocenters. The molecule has 5 aliphatic rings. The Morgan fingerprint density at radius 1 is 1.11 bits per heavy atom. The van der Waals surface area contributed by atoms with Gasteiger partial charge >= 0.3 is 0 Å². The molecule has 2 fully saturated rings. The second-order valence-electron chi connectivity index (χ2n) is 13.2. The van der Waals surface area contributed by atoms with Crippen molar-refractivity contribution in [3.63, 3.8) is 0 Å². The van der Waals surface area contributed by atoms with Crippen molar-refractivity contribution < 1.29 is 14.9 Å². The fourth-order valence-electron chi connectivity index (χ4n) is 8.82. The predicted molar refractivity (Wildman–Crippen MR) is 151 cm³/mol. The zero-order valence-corrected chi connectivity index (χ0v) is 23.6. The van der Waals surface area contributed by atoms with E-state index in [2.05, 4.69) is 62.2 Å². The van der Waals surface area contributed by atoms with Crippen molar-refractivity contribution in [3.8, 4) is 0 Å². The van der Waals surface area contributed by atoms with Crippen LogP contribution in [0.15, 0.2) is 59.8 Å². The average Bonchev–Trinajstić information content (AvgIpc) is 3.40. The average molecular weight is 533 g/mol. The number of halogens is 1. The van der Waals surface area contributed by atoms with Gasteiger partial charge in [0.15, 0.2) is 0 Å². The first-order valence-electron chi connectivity index (χ1n) is 13.9. The van der Waals surface area contributed by atoms with Crippen LogP contribution in [0.3, 0.4) is 0 Å². The number of likely N-dealkylation sites (N-methyl/N-ethyl adjacent to an activating group) is 1. The van der Waals surface area contributed by atoms with Crippen molar-refractivity contribution >= 4 is 27.9 Å². The van der Waals surface area contributed by atoms with Crippen LogP contribution < -0.4 is 0 Å². The third kappa shape index (κ3) is 2.95. The minimum Gasteiger partial charge on any atom is -0.388 e. The van der Waals surface area contributed by atoms with E-state index >= 15 is 0 Å². The van der Waals surface area contributed by atoms with E-state index in [1.54, 1.807) is 6.20 Å². The summed E-state index contributed by atoms with van der Waals surface area (Å²) in [5, 5.41) is 24.9. The van der Waals surface area contributed by atoms with E-state index in [1.165, 1.54) is 16.7 Å². The molecule has 1 aromatic heterocycles. The number of fused-ring (bicyclic) bond motifs is 2. The Bertz CT molecular complexity index is 1460. The van der Waals surface area contributed by atoms with Gasteiger partial charge in [-0.05, 0) is 85.0 Å². The fraction of sp³-hybridized carbons (Fsp3) is 0.531. The largest absolute Gasteiger partial charge is 0.388 e. The number of hydrogen-bond acceptors (Lipinski definition) is 5. The lowest BCUT2D eigenvalue weighted by Gasteiger charge is -2.60. The van der Waals surface area contributed by atoms with E-state index in [1.807, 2.05) is 25.1 Å². The number of hydrogen-bond donors (Lipinski definition) is 2. The number of allylic oxidation sites excluding steroid dienone is 3. The summed E-state index contributed by atoms with van der Waals surface area (Å²) in [6, 6.07) is 8.43. The van der Waals surface area contributed by atoms with E-state index in [9.17, 15) is 10.2 Å². The van der Waals surface area contributed by atoms with Crippen LogP contribution in [0.1, 0.15) is 52.0 Å². The number of nitrogens with zero attached hydrogens (tertiary/aromatic N) is 2. The van der Waals surface area contributed by atoms with Crippen LogP contribution >= 0.6 is 11.6 Å². The molecular formula is C32H37ClN2O3. The van der Waals surface area contributed by atoms with Gasteiger partial charge in [-0.2, -0.15) is 0 Å². The lowest BCUT2D eigenvalue weighted by Crippen LogP contribution is -2.63. The zero-order chi connectivity index (χ0) is 26.8. The van der Waals surface area contributed by atoms with E-state index in [0.717, 1.165) is 35.6 Å². The van der Waals surface area contributed by atoms with Gasteiger partial charge < -0.3 is 19.8 Å². The molecule has 0 radical (unpaired) electrons. The maximum absolute atomic E-state index is 11.3. The second-order valence-corrected chi connectivity index (χ2v) is 13.6. The number of aromatic nitrogens is 1. The molecule has 7 unspecified atom stereocenters. The minimum absolute atomic E-state index is 0.147. The maximum atomic E-state index is 11.3. The van der Waals surface area contributed by atoms with Crippen LogP contribution in [0.25, 0.3) is 16.3 Å². The van der Waals surface area contributed by atoms with E-state index in [-0.39, 0.29) is 22.8 Å². The Balaban J connectivity index is 1.36. The molecule has 2 N–H and O–H groups in total. The summed E-state index contributed by atoms with van der Waals surface area (Å²) in [6.45, 7) is 7.10. The van der Waals surface area contributed by atoms with Gasteiger partial charge in [0.1, 0.15) is 11.3 Å². The highest BCUT2D eigenvalue weighted by Gasteiger charge is 2.70. The van der Waals surface area contributed by atoms with Crippen LogP contribution in [0, 0.1) is 16.7 Å². The van der Waals surface area contributed by atoms with Crippen molar-refractivity contribution in [1.29, 1.82) is 0 Å². The van der Waals surface area contributed by atoms with Crippen molar-refractivity contribution in [1.82, 2.24) is 9.88 Å². The molecule has 1 saturated heterocycles. The quantitative estimate of drug-likeness (QED) is 0.497. The molecule has 2 bridgehead atoms. The second kappa shape index (κ2) is 7.80. The van der Waals surface area contributed by atoms with E-state index < -0.39 is 23.4 Å². The highest BCUT2D eigenvalue weighted by molar-refractivity contribution is 6.34. The number of rotatable bonds is 2. The lowest BCUT2D eigenvalue weighted by atomic mass is 9.49. The van der Waals surface area contributed by atoms with Crippen LogP contribution in [-0.2, 0) is 4.74 Å². The molecule has 2 spiro atoms. The summed E-state index contributed by atoms with van der Waals surface area (Å²) >= 11 is 6.38. The molecular weight excluding hydrogens is 496 g/mol. The molecule has 7 rings (SSSR count). The van der Waals surface area contributed by atoms with Gasteiger partial charge in [0.25, 0.3) is 0 Å². The summed E-state index contributed by atoms with van der Waals surface area (Å²) < 4.78 is 7.33. The topological polar surface area (TPSA) is 65.8 Å². The number of aliphatic hydroxyl groups is 2. The third-order valence-electron chi connectivity index (χ3n) is 11.1. The molecule has 5 nitrogen and oxygen atoms in total. The van der Waals surface area contributed by atoms with Gasteiger partial charge in [-0.25, -0.2) is 4.98 Å². The fourth-order valence-corrected chi connectivity index (χ4v) is 9.05. The van der Waals surface area contributed by atoms with Crippen molar-refractivity contribution in [2.45, 2.75) is 75.9 Å². The maximum Gasteiger partial charge on any atom is 0.136 e. The van der Waals surface area contributed by atoms with Crippen LogP contribution in [0.4, 0.5) is 0 Å². The summed E-state index contributed by atoms with van der Waals surface area (Å²) in [7, 11) is 3.95. The molecule has 200 valence electrons. The standard InChI is InChI=1S/C32H37ClN2O3/c1-29(2)16-20-15-23-26(36)27(37)24(35(4)5)17-31(23)11-12-32(20,38-31)25-9-8-22(30(25,29)3)19-6-7-21-18(14-19)10-13-34-28(21)33/h6-8,10,13-16,24-27,36-37H,9,11-12,17H2,1-5H3. The van der Waals surface area contributed by atoms with Crippen molar-refractivity contribution in [2.24, 2.45) is 16.7 Å². The molecule has 3 aliphatic carbocycles. The third-order valence-corrected chi connectivity index (χ3v) is 11.4. The first kappa shape index (κ1) is 25.0. The molecule has 38 heavy (non-hydrogen) atoms. The van der Waals surface area contributed by atoms with Crippen molar-refractivity contribution in [2.75, 3.05) is 14.1 Å². The highest BCUT2D eigenvalue weighted by Crippen LogP contribution is 2.71. The molecule has 6 heteroatoms. The van der Waals surface area contributed by atoms with Crippen molar-refractivity contribution in [3.05, 3.63) is 70.6 Å². The van der Waals surface area contributed by atoms with Gasteiger partial charge in [0.2, 0.25) is 0 Å². The Morgan fingerprint density at radius 3 is 2.66 bits per heavy atom. The highest BCUT2D eigenvalue weighted by atomic mass is 35.5. The SMILES string of the molecule is CN(C)C1CC23CCC4(O2)C(=CC(C)(C)C2(C)C(c5ccc6c(Cl)nccc6c5)=CCC42)C=C3C(O)C1O. The monoisotopic (exact) mass is 532 g/mol. The van der Waals surface area contributed by atoms with Gasteiger partial charge in [-0.15, -0.1) is 0 Å². The molecule has 3 heterocycles. The van der Waals surface area contributed by atoms with Gasteiger partial charge in [0.05, 0.1) is 17.3 Å². The number of benzene rings is 1. The Morgan fingerprint density at radius 2 is 1.89 bits per heavy atom. The van der Waals surface area contributed by atoms with Gasteiger partial charge in [-0.3, -0.25) is 0 Å². The Labute approximate surface area is 229 Å². The number of ether oxygens (including phenoxy) is 1. The molecule has 0 amide bonds. The van der Waals surface area contributed by atoms with Crippen LogP contribution in [0.2, 0.25) is 5.15 Å². The summed E-state index contributed by atoms with van der Waals surface area (Å²) in [5.41, 5.74) is 3.44. The summed E-state index contributed by atoms with van der Waals surface area (Å²) in [6.07, 6.45) is 10.5. The molecule has 2 aromatic rings. The predicted octanol–water partition coefficient (Wildman–Crippen LogP) is 5.55. The Kier molecular flexibility index (Phi) is 5.12. The summed E-state index contributed by atoms with van der Waals surface area (Å²) in [4.78, 5) is 6.28. The first-order chi connectivity index (χ1) is 17.9. The lowest BCUT2D eigenvalue weighted by molar-refractivity contribution is -0.170. The minimum atomic E-state index is -0.916. The first-order valence-corrected chi connectivity index (χ1v) is 14.2. The molecule has 2 aliphatic heterocycles. The zero-order valence-electron chi connectivity index (χ0n) is 22.8. The number of pyridine rings is 1. The van der Waals surface area contributed by atoms with E-state index in [0.29, 0.717) is 11.6 Å².